The standard InChI is InChI=1S/C16H28N4O7/c1-11(21)26-13(14(16(24)25)27-12(2)22)15(23)20-9-7-18-5-3-17-4-6-19-8-10-20/h13-14,17-19H,3-10H2,1-2H3,(H,24,25). The molecule has 0 aromatic rings. The van der Waals surface area contributed by atoms with Crippen LogP contribution in [0.2, 0.25) is 0 Å². The van der Waals surface area contributed by atoms with Crippen molar-refractivity contribution in [3.05, 3.63) is 0 Å². The number of amides is 1. The smallest absolute Gasteiger partial charge is 0.349 e. The Balaban J connectivity index is 2.94. The van der Waals surface area contributed by atoms with E-state index in [1.165, 1.54) is 4.90 Å². The highest BCUT2D eigenvalue weighted by atomic mass is 16.6. The zero-order valence-electron chi connectivity index (χ0n) is 15.7. The predicted molar refractivity (Wildman–Crippen MR) is 93.9 cm³/mol. The molecule has 0 aliphatic carbocycles. The summed E-state index contributed by atoms with van der Waals surface area (Å²) in [5.74, 6) is -4.03. The molecule has 0 radical (unpaired) electrons. The Labute approximate surface area is 157 Å². The van der Waals surface area contributed by atoms with Crippen molar-refractivity contribution in [2.75, 3.05) is 52.4 Å². The number of hydrogen-bond acceptors (Lipinski definition) is 9. The lowest BCUT2D eigenvalue weighted by molar-refractivity contribution is -0.183. The molecule has 27 heavy (non-hydrogen) atoms. The Morgan fingerprint density at radius 3 is 1.59 bits per heavy atom. The summed E-state index contributed by atoms with van der Waals surface area (Å²) in [6, 6.07) is 0. The minimum absolute atomic E-state index is 0.282. The van der Waals surface area contributed by atoms with Gasteiger partial charge >= 0.3 is 17.9 Å². The number of carboxylic acids is 1. The molecule has 154 valence electrons. The number of hydrogen-bond donors (Lipinski definition) is 4. The number of ether oxygens (including phenoxy) is 2. The van der Waals surface area contributed by atoms with Gasteiger partial charge in [0.25, 0.3) is 5.91 Å². The van der Waals surface area contributed by atoms with E-state index in [1.54, 1.807) is 0 Å². The summed E-state index contributed by atoms with van der Waals surface area (Å²) >= 11 is 0. The molecule has 1 heterocycles. The summed E-state index contributed by atoms with van der Waals surface area (Å²) in [6.45, 7) is 6.56. The molecule has 4 N–H and O–H groups in total. The van der Waals surface area contributed by atoms with Crippen molar-refractivity contribution in [3.63, 3.8) is 0 Å². The normalized spacial score (nSPS) is 19.0. The molecule has 1 aliphatic heterocycles. The summed E-state index contributed by atoms with van der Waals surface area (Å²) in [6.07, 6.45) is -3.66. The van der Waals surface area contributed by atoms with Crippen molar-refractivity contribution >= 4 is 23.8 Å². The molecular weight excluding hydrogens is 360 g/mol. The summed E-state index contributed by atoms with van der Waals surface area (Å²) in [7, 11) is 0. The molecule has 0 aromatic carbocycles. The Kier molecular flexibility index (Phi) is 10.3. The van der Waals surface area contributed by atoms with Gasteiger partial charge in [-0.2, -0.15) is 0 Å². The second-order valence-corrected chi connectivity index (χ2v) is 5.97. The lowest BCUT2D eigenvalue weighted by Gasteiger charge is -2.30. The number of esters is 2. The lowest BCUT2D eigenvalue weighted by atomic mass is 10.1. The van der Waals surface area contributed by atoms with Gasteiger partial charge in [-0.1, -0.05) is 0 Å². The van der Waals surface area contributed by atoms with Crippen molar-refractivity contribution in [1.29, 1.82) is 0 Å². The van der Waals surface area contributed by atoms with Crippen LogP contribution in [0.3, 0.4) is 0 Å². The monoisotopic (exact) mass is 388 g/mol. The highest BCUT2D eigenvalue weighted by Gasteiger charge is 2.41. The van der Waals surface area contributed by atoms with Crippen LogP contribution in [0, 0.1) is 0 Å². The van der Waals surface area contributed by atoms with Gasteiger partial charge in [0.2, 0.25) is 12.2 Å². The maximum absolute atomic E-state index is 12.9. The van der Waals surface area contributed by atoms with Gasteiger partial charge in [-0.25, -0.2) is 4.79 Å². The lowest BCUT2D eigenvalue weighted by Crippen LogP contribution is -2.54. The topological polar surface area (TPSA) is 146 Å². The van der Waals surface area contributed by atoms with Gasteiger partial charge in [0, 0.05) is 66.2 Å². The van der Waals surface area contributed by atoms with Crippen molar-refractivity contribution in [3.8, 4) is 0 Å². The predicted octanol–water partition coefficient (Wildman–Crippen LogP) is -2.45. The largest absolute Gasteiger partial charge is 0.478 e. The third-order valence-electron chi connectivity index (χ3n) is 3.73. The quantitative estimate of drug-likeness (QED) is 0.374. The Hall–Kier alpha value is -2.24. The Morgan fingerprint density at radius 1 is 0.778 bits per heavy atom. The average molecular weight is 388 g/mol. The maximum atomic E-state index is 12.9. The molecule has 1 saturated heterocycles. The van der Waals surface area contributed by atoms with Gasteiger partial charge < -0.3 is 35.4 Å². The third-order valence-corrected chi connectivity index (χ3v) is 3.73. The van der Waals surface area contributed by atoms with E-state index in [-0.39, 0.29) is 13.1 Å². The molecule has 0 bridgehead atoms. The molecule has 0 saturated carbocycles. The van der Waals surface area contributed by atoms with Crippen LogP contribution in [-0.4, -0.2) is 98.4 Å². The molecule has 11 nitrogen and oxygen atoms in total. The van der Waals surface area contributed by atoms with Crippen LogP contribution in [0.25, 0.3) is 0 Å². The van der Waals surface area contributed by atoms with E-state index in [2.05, 4.69) is 16.0 Å². The van der Waals surface area contributed by atoms with Gasteiger partial charge in [-0.3, -0.25) is 14.4 Å². The van der Waals surface area contributed by atoms with Crippen LogP contribution >= 0.6 is 0 Å². The highest BCUT2D eigenvalue weighted by Crippen LogP contribution is 2.11. The SMILES string of the molecule is CC(=O)OC(C(=O)O)C(OC(C)=O)C(=O)N1CCNCCNCCNCC1. The Bertz CT molecular complexity index is 517. The number of carbonyl (C=O) groups is 4. The zero-order chi connectivity index (χ0) is 20.2. The van der Waals surface area contributed by atoms with Gasteiger partial charge in [0.15, 0.2) is 0 Å². The number of nitrogens with one attached hydrogen (secondary N) is 3. The number of aliphatic carboxylic acids is 1. The molecule has 0 spiro atoms. The van der Waals surface area contributed by atoms with Crippen molar-refractivity contribution in [1.82, 2.24) is 20.9 Å². The third kappa shape index (κ3) is 8.80. The Morgan fingerprint density at radius 2 is 1.19 bits per heavy atom. The molecule has 1 amide bonds. The molecule has 2 atom stereocenters. The van der Waals surface area contributed by atoms with E-state index >= 15 is 0 Å². The van der Waals surface area contributed by atoms with Crippen molar-refractivity contribution in [2.24, 2.45) is 0 Å². The van der Waals surface area contributed by atoms with Gasteiger partial charge in [0.05, 0.1) is 0 Å². The molecule has 1 rings (SSSR count). The zero-order valence-corrected chi connectivity index (χ0v) is 15.7. The van der Waals surface area contributed by atoms with E-state index in [0.29, 0.717) is 26.2 Å². The molecule has 0 aromatic heterocycles. The molecule has 1 aliphatic rings. The van der Waals surface area contributed by atoms with Gasteiger partial charge in [0.1, 0.15) is 0 Å². The second kappa shape index (κ2) is 12.2. The van der Waals surface area contributed by atoms with Crippen LogP contribution in [0.4, 0.5) is 0 Å². The first-order valence-electron chi connectivity index (χ1n) is 8.81. The van der Waals surface area contributed by atoms with E-state index in [4.69, 9.17) is 9.47 Å². The van der Waals surface area contributed by atoms with Crippen molar-refractivity contribution in [2.45, 2.75) is 26.1 Å². The minimum Gasteiger partial charge on any atom is -0.478 e. The average Bonchev–Trinajstić information content (AvgIpc) is 2.57. The van der Waals surface area contributed by atoms with Crippen LogP contribution in [0.15, 0.2) is 0 Å². The molecule has 1 fully saturated rings. The molecular formula is C16H28N4O7. The number of rotatable bonds is 5. The number of carbonyl (C=O) groups excluding carboxylic acids is 3. The van der Waals surface area contributed by atoms with Crippen LogP contribution in [0.5, 0.6) is 0 Å². The van der Waals surface area contributed by atoms with E-state index < -0.39 is 36.0 Å². The van der Waals surface area contributed by atoms with E-state index in [9.17, 15) is 24.3 Å². The first kappa shape index (κ1) is 22.8. The van der Waals surface area contributed by atoms with E-state index in [0.717, 1.165) is 26.9 Å². The van der Waals surface area contributed by atoms with E-state index in [1.807, 2.05) is 0 Å². The molecule has 2 unspecified atom stereocenters. The van der Waals surface area contributed by atoms with Gasteiger partial charge in [-0.15, -0.1) is 0 Å². The number of carboxylic acid groups (broad SMARTS) is 1. The number of nitrogens with zero attached hydrogens (tertiary/aromatic N) is 1. The summed E-state index contributed by atoms with van der Waals surface area (Å²) in [5.41, 5.74) is 0. The highest BCUT2D eigenvalue weighted by molar-refractivity contribution is 5.91. The minimum atomic E-state index is -1.91. The first-order chi connectivity index (χ1) is 12.8. The van der Waals surface area contributed by atoms with Crippen LogP contribution in [-0.2, 0) is 28.7 Å². The second-order valence-electron chi connectivity index (χ2n) is 5.97. The summed E-state index contributed by atoms with van der Waals surface area (Å²) in [4.78, 5) is 48.4. The van der Waals surface area contributed by atoms with Gasteiger partial charge in [-0.05, 0) is 0 Å². The fourth-order valence-electron chi connectivity index (χ4n) is 2.51. The van der Waals surface area contributed by atoms with Crippen LogP contribution in [0.1, 0.15) is 13.8 Å². The van der Waals surface area contributed by atoms with Crippen LogP contribution < -0.4 is 16.0 Å². The van der Waals surface area contributed by atoms with Crippen molar-refractivity contribution < 1.29 is 33.8 Å². The summed E-state index contributed by atoms with van der Waals surface area (Å²) < 4.78 is 9.64. The first-order valence-corrected chi connectivity index (χ1v) is 8.81. The fraction of sp³-hybridized carbons (Fsp3) is 0.750. The fourth-order valence-corrected chi connectivity index (χ4v) is 2.51. The maximum Gasteiger partial charge on any atom is 0.349 e. The summed E-state index contributed by atoms with van der Waals surface area (Å²) in [5, 5.41) is 18.9. The molecule has 11 heteroatoms.